The molecule has 2 aromatic carbocycles. The van der Waals surface area contributed by atoms with Gasteiger partial charge in [-0.2, -0.15) is 5.26 Å². The lowest BCUT2D eigenvalue weighted by atomic mass is 10.1. The molecule has 33 heavy (non-hydrogen) atoms. The van der Waals surface area contributed by atoms with Crippen molar-refractivity contribution in [2.75, 3.05) is 51.0 Å². The van der Waals surface area contributed by atoms with Gasteiger partial charge in [0.25, 0.3) is 5.91 Å². The lowest BCUT2D eigenvalue weighted by Gasteiger charge is -2.32. The molecule has 0 bridgehead atoms. The van der Waals surface area contributed by atoms with Gasteiger partial charge in [-0.3, -0.25) is 19.8 Å². The van der Waals surface area contributed by atoms with E-state index in [-0.39, 0.29) is 23.6 Å². The third kappa shape index (κ3) is 6.65. The van der Waals surface area contributed by atoms with E-state index in [1.807, 2.05) is 6.07 Å². The van der Waals surface area contributed by atoms with Gasteiger partial charge < -0.3 is 15.0 Å². The quantitative estimate of drug-likeness (QED) is 0.258. The Morgan fingerprint density at radius 3 is 2.67 bits per heavy atom. The molecule has 1 N–H and O–H groups in total. The summed E-state index contributed by atoms with van der Waals surface area (Å²) in [7, 11) is 2.09. The zero-order valence-corrected chi connectivity index (χ0v) is 19.2. The molecule has 0 radical (unpaired) electrons. The number of nitrogens with zero attached hydrogens (tertiary/aromatic N) is 4. The smallest absolute Gasteiger partial charge is 0.311 e. The fourth-order valence-electron chi connectivity index (χ4n) is 3.51. The summed E-state index contributed by atoms with van der Waals surface area (Å²) in [5.74, 6) is -0.0459. The summed E-state index contributed by atoms with van der Waals surface area (Å²) < 4.78 is 5.40. The molecule has 0 saturated carbocycles. The average Bonchev–Trinajstić information content (AvgIpc) is 2.81. The number of carbonyl (C=O) groups is 1. The van der Waals surface area contributed by atoms with Crippen molar-refractivity contribution in [1.82, 2.24) is 9.80 Å². The summed E-state index contributed by atoms with van der Waals surface area (Å²) in [5, 5.41) is 23.7. The molecule has 0 spiro atoms. The lowest BCUT2D eigenvalue weighted by Crippen LogP contribution is -2.43. The number of carbonyl (C=O) groups excluding carboxylic acids is 1. The zero-order chi connectivity index (χ0) is 23.8. The number of anilines is 1. The number of halogens is 1. The molecule has 0 unspecified atom stereocenters. The minimum absolute atomic E-state index is 0.0849. The number of rotatable bonds is 9. The van der Waals surface area contributed by atoms with Crippen LogP contribution in [0.4, 0.5) is 11.4 Å². The second kappa shape index (κ2) is 11.6. The third-order valence-corrected chi connectivity index (χ3v) is 5.70. The number of nitro groups is 1. The van der Waals surface area contributed by atoms with Crippen LogP contribution in [0.15, 0.2) is 36.4 Å². The van der Waals surface area contributed by atoms with E-state index in [2.05, 4.69) is 28.2 Å². The molecule has 2 aromatic rings. The lowest BCUT2D eigenvalue weighted by molar-refractivity contribution is -0.385. The van der Waals surface area contributed by atoms with Gasteiger partial charge in [0.15, 0.2) is 5.75 Å². The van der Waals surface area contributed by atoms with Gasteiger partial charge in [-0.05, 0) is 43.3 Å². The first kappa shape index (κ1) is 24.5. The summed E-state index contributed by atoms with van der Waals surface area (Å²) in [6.45, 7) is 4.75. The van der Waals surface area contributed by atoms with Crippen LogP contribution < -0.4 is 10.1 Å². The zero-order valence-electron chi connectivity index (χ0n) is 18.4. The number of hydrogen-bond acceptors (Lipinski definition) is 7. The summed E-state index contributed by atoms with van der Waals surface area (Å²) in [4.78, 5) is 28.1. The van der Waals surface area contributed by atoms with Crippen molar-refractivity contribution in [1.29, 1.82) is 5.26 Å². The van der Waals surface area contributed by atoms with Crippen molar-refractivity contribution in [3.8, 4) is 11.8 Å². The Bertz CT molecular complexity index is 1050. The molecular formula is C23H26ClN5O4. The van der Waals surface area contributed by atoms with Crippen LogP contribution in [0.2, 0.25) is 0 Å². The van der Waals surface area contributed by atoms with Gasteiger partial charge in [0, 0.05) is 55.9 Å². The van der Waals surface area contributed by atoms with E-state index in [9.17, 15) is 20.2 Å². The summed E-state index contributed by atoms with van der Waals surface area (Å²) in [6, 6.07) is 11.4. The van der Waals surface area contributed by atoms with Crippen LogP contribution in [0, 0.1) is 21.4 Å². The highest BCUT2D eigenvalue weighted by Gasteiger charge is 2.20. The number of nitriles is 1. The predicted molar refractivity (Wildman–Crippen MR) is 126 cm³/mol. The van der Waals surface area contributed by atoms with Crippen LogP contribution in [-0.4, -0.2) is 66.3 Å². The molecule has 1 heterocycles. The number of likely N-dealkylation sites (N-methyl/N-ethyl adjacent to an activating group) is 1. The first-order chi connectivity index (χ1) is 15.9. The van der Waals surface area contributed by atoms with E-state index in [1.54, 1.807) is 12.1 Å². The Morgan fingerprint density at radius 2 is 2.00 bits per heavy atom. The van der Waals surface area contributed by atoms with Gasteiger partial charge in [-0.25, -0.2) is 0 Å². The molecule has 0 aromatic heterocycles. The molecule has 1 aliphatic heterocycles. The highest BCUT2D eigenvalue weighted by molar-refractivity contribution is 6.17. The van der Waals surface area contributed by atoms with Gasteiger partial charge in [-0.15, -0.1) is 11.6 Å². The van der Waals surface area contributed by atoms with Crippen LogP contribution in [0.25, 0.3) is 0 Å². The monoisotopic (exact) mass is 471 g/mol. The fourth-order valence-corrected chi connectivity index (χ4v) is 3.62. The normalized spacial score (nSPS) is 14.5. The van der Waals surface area contributed by atoms with Crippen LogP contribution in [-0.2, 0) is 6.54 Å². The topological polar surface area (TPSA) is 112 Å². The second-order valence-electron chi connectivity index (χ2n) is 7.85. The molecule has 0 atom stereocenters. The van der Waals surface area contributed by atoms with Gasteiger partial charge in [0.05, 0.1) is 23.2 Å². The summed E-state index contributed by atoms with van der Waals surface area (Å²) in [5.41, 5.74) is 1.66. The molecule has 0 aliphatic carbocycles. The Hall–Kier alpha value is -3.19. The minimum atomic E-state index is -0.590. The molecule has 1 fully saturated rings. The first-order valence-electron chi connectivity index (χ1n) is 10.6. The van der Waals surface area contributed by atoms with E-state index in [0.717, 1.165) is 31.7 Å². The number of ether oxygens (including phenoxy) is 1. The van der Waals surface area contributed by atoms with E-state index < -0.39 is 10.8 Å². The Balaban J connectivity index is 1.71. The highest BCUT2D eigenvalue weighted by Crippen LogP contribution is 2.29. The van der Waals surface area contributed by atoms with Crippen molar-refractivity contribution in [2.24, 2.45) is 0 Å². The van der Waals surface area contributed by atoms with Gasteiger partial charge in [0.2, 0.25) is 0 Å². The largest absolute Gasteiger partial charge is 0.487 e. The molecule has 10 heteroatoms. The van der Waals surface area contributed by atoms with Gasteiger partial charge in [0.1, 0.15) is 0 Å². The van der Waals surface area contributed by atoms with Crippen LogP contribution in [0.1, 0.15) is 27.9 Å². The minimum Gasteiger partial charge on any atom is -0.487 e. The molecule has 174 valence electrons. The van der Waals surface area contributed by atoms with Crippen molar-refractivity contribution >= 4 is 28.9 Å². The molecule has 1 aliphatic rings. The molecule has 1 amide bonds. The molecule has 1 saturated heterocycles. The number of alkyl halides is 1. The third-order valence-electron chi connectivity index (χ3n) is 5.43. The number of hydrogen-bond donors (Lipinski definition) is 1. The molecule has 3 rings (SSSR count). The van der Waals surface area contributed by atoms with Crippen molar-refractivity contribution in [3.63, 3.8) is 0 Å². The molecular weight excluding hydrogens is 446 g/mol. The fraction of sp³-hybridized carbons (Fsp3) is 0.391. The summed E-state index contributed by atoms with van der Waals surface area (Å²) >= 11 is 5.61. The SMILES string of the molecule is CN1CCN(Cc2ccc(NC(=O)c3ccc(OCCCCl)c([N+](=O)[O-])c3)cc2C#N)CC1. The Labute approximate surface area is 197 Å². The van der Waals surface area contributed by atoms with Gasteiger partial charge >= 0.3 is 5.69 Å². The number of benzene rings is 2. The van der Waals surface area contributed by atoms with Crippen molar-refractivity contribution < 1.29 is 14.5 Å². The second-order valence-corrected chi connectivity index (χ2v) is 8.23. The standard InChI is InChI=1S/C23H26ClN5O4/c1-27-8-10-28(11-9-27)16-18-3-5-20(13-19(18)15-25)26-23(30)17-4-6-22(33-12-2-7-24)21(14-17)29(31)32/h3-6,13-14H,2,7-12,16H2,1H3,(H,26,30). The predicted octanol–water partition coefficient (Wildman–Crippen LogP) is 3.47. The number of nitrogens with one attached hydrogen (secondary N) is 1. The number of nitro benzene ring substituents is 1. The molecule has 9 nitrogen and oxygen atoms in total. The highest BCUT2D eigenvalue weighted by atomic mass is 35.5. The van der Waals surface area contributed by atoms with Crippen LogP contribution >= 0.6 is 11.6 Å². The van der Waals surface area contributed by atoms with E-state index in [4.69, 9.17) is 16.3 Å². The Kier molecular flexibility index (Phi) is 8.60. The Morgan fingerprint density at radius 1 is 1.24 bits per heavy atom. The first-order valence-corrected chi connectivity index (χ1v) is 11.2. The maximum Gasteiger partial charge on any atom is 0.311 e. The van der Waals surface area contributed by atoms with E-state index in [1.165, 1.54) is 18.2 Å². The number of amides is 1. The number of piperazine rings is 1. The van der Waals surface area contributed by atoms with Crippen LogP contribution in [0.5, 0.6) is 5.75 Å². The van der Waals surface area contributed by atoms with E-state index in [0.29, 0.717) is 30.1 Å². The van der Waals surface area contributed by atoms with E-state index >= 15 is 0 Å². The average molecular weight is 472 g/mol. The maximum absolute atomic E-state index is 12.7. The van der Waals surface area contributed by atoms with Crippen molar-refractivity contribution in [3.05, 3.63) is 63.2 Å². The summed E-state index contributed by atoms with van der Waals surface area (Å²) in [6.07, 6.45) is 0.549. The van der Waals surface area contributed by atoms with Gasteiger partial charge in [-0.1, -0.05) is 6.07 Å². The van der Waals surface area contributed by atoms with Crippen molar-refractivity contribution in [2.45, 2.75) is 13.0 Å². The van der Waals surface area contributed by atoms with Crippen LogP contribution in [0.3, 0.4) is 0 Å². The maximum atomic E-state index is 12.7.